The van der Waals surface area contributed by atoms with Crippen LogP contribution in [0.3, 0.4) is 0 Å². The second kappa shape index (κ2) is 10.7. The van der Waals surface area contributed by atoms with Gasteiger partial charge in [-0.2, -0.15) is 0 Å². The highest BCUT2D eigenvalue weighted by atomic mass is 32.2. The van der Waals surface area contributed by atoms with E-state index in [9.17, 15) is 9.59 Å². The van der Waals surface area contributed by atoms with Gasteiger partial charge in [-0.15, -0.1) is 21.5 Å². The molecular weight excluding hydrogens is 551 g/mol. The van der Waals surface area contributed by atoms with Crippen molar-refractivity contribution in [3.63, 3.8) is 0 Å². The molecule has 0 atom stereocenters. The van der Waals surface area contributed by atoms with Crippen LogP contribution >= 0.6 is 23.1 Å². The minimum absolute atomic E-state index is 0.0256. The summed E-state index contributed by atoms with van der Waals surface area (Å²) in [6.45, 7) is 4.54. The molecule has 9 heteroatoms. The number of hydrogen-bond donors (Lipinski definition) is 0. The maximum atomic E-state index is 14.2. The standard InChI is InChI=1S/C32H27N5O2S2/c1-21-9-8-14-24(17-21)36-29(39)28-25-15-16-35(18-22-10-4-2-5-11-22)19-27(25)41-30(28)37-31(36)33-34-32(37)40-20-26(38)23-12-6-3-7-13-23/h2-14,17H,15-16,18-20H2,1H3. The van der Waals surface area contributed by atoms with Crippen molar-refractivity contribution in [2.75, 3.05) is 12.3 Å². The van der Waals surface area contributed by atoms with E-state index >= 15 is 0 Å². The Labute approximate surface area is 245 Å². The molecule has 0 saturated heterocycles. The molecule has 41 heavy (non-hydrogen) atoms. The smallest absolute Gasteiger partial charge is 0.268 e. The summed E-state index contributed by atoms with van der Waals surface area (Å²) >= 11 is 3.00. The molecule has 0 aliphatic carbocycles. The van der Waals surface area contributed by atoms with Crippen molar-refractivity contribution in [1.82, 2.24) is 24.1 Å². The first-order chi connectivity index (χ1) is 20.1. The van der Waals surface area contributed by atoms with Crippen LogP contribution in [0.25, 0.3) is 21.7 Å². The predicted octanol–water partition coefficient (Wildman–Crippen LogP) is 5.94. The number of nitrogens with zero attached hydrogens (tertiary/aromatic N) is 5. The van der Waals surface area contributed by atoms with Gasteiger partial charge in [-0.05, 0) is 42.2 Å². The van der Waals surface area contributed by atoms with E-state index < -0.39 is 0 Å². The summed E-state index contributed by atoms with van der Waals surface area (Å²) < 4.78 is 3.65. The first kappa shape index (κ1) is 25.9. The van der Waals surface area contributed by atoms with E-state index in [0.29, 0.717) is 16.5 Å². The number of carbonyl (C=O) groups excluding carboxylic acids is 1. The first-order valence-corrected chi connectivity index (χ1v) is 15.4. The van der Waals surface area contributed by atoms with Gasteiger partial charge in [0.25, 0.3) is 5.56 Å². The minimum Gasteiger partial charge on any atom is -0.294 e. The number of thioether (sulfide) groups is 1. The fourth-order valence-electron chi connectivity index (χ4n) is 5.51. The van der Waals surface area contributed by atoms with Crippen LogP contribution in [-0.4, -0.2) is 42.1 Å². The van der Waals surface area contributed by atoms with Gasteiger partial charge in [-0.25, -0.2) is 8.97 Å². The average Bonchev–Trinajstić information content (AvgIpc) is 3.58. The highest BCUT2D eigenvalue weighted by molar-refractivity contribution is 7.99. The molecule has 7 rings (SSSR count). The lowest BCUT2D eigenvalue weighted by molar-refractivity contribution is 0.102. The van der Waals surface area contributed by atoms with E-state index in [2.05, 4.69) is 39.4 Å². The molecule has 0 fully saturated rings. The van der Waals surface area contributed by atoms with E-state index in [1.54, 1.807) is 15.9 Å². The zero-order valence-corrected chi connectivity index (χ0v) is 24.1. The number of thiophene rings is 1. The molecule has 0 spiro atoms. The molecule has 0 saturated carbocycles. The molecule has 0 bridgehead atoms. The quantitative estimate of drug-likeness (QED) is 0.173. The lowest BCUT2D eigenvalue weighted by Crippen LogP contribution is -2.30. The molecule has 0 amide bonds. The van der Waals surface area contributed by atoms with Crippen molar-refractivity contribution in [2.24, 2.45) is 0 Å². The van der Waals surface area contributed by atoms with Gasteiger partial charge in [-0.3, -0.25) is 14.5 Å². The summed E-state index contributed by atoms with van der Waals surface area (Å²) in [5.41, 5.74) is 4.80. The SMILES string of the molecule is Cc1cccc(-n2c(=O)c3c4c(sc3n3c(SCC(=O)c5ccccc5)nnc23)CN(Cc2ccccc2)CC4)c1. The summed E-state index contributed by atoms with van der Waals surface area (Å²) in [5, 5.41) is 10.3. The minimum atomic E-state index is -0.0728. The molecule has 3 aromatic carbocycles. The first-order valence-electron chi connectivity index (χ1n) is 13.6. The van der Waals surface area contributed by atoms with E-state index in [0.717, 1.165) is 53.1 Å². The summed E-state index contributed by atoms with van der Waals surface area (Å²) in [6, 6.07) is 27.7. The van der Waals surface area contributed by atoms with Crippen LogP contribution in [0, 0.1) is 6.92 Å². The van der Waals surface area contributed by atoms with Crippen molar-refractivity contribution in [3.8, 4) is 5.69 Å². The highest BCUT2D eigenvalue weighted by Crippen LogP contribution is 2.36. The van der Waals surface area contributed by atoms with Crippen molar-refractivity contribution >= 4 is 44.9 Å². The van der Waals surface area contributed by atoms with Crippen LogP contribution in [0.4, 0.5) is 0 Å². The predicted molar refractivity (Wildman–Crippen MR) is 164 cm³/mol. The van der Waals surface area contributed by atoms with Gasteiger partial charge in [0, 0.05) is 30.1 Å². The highest BCUT2D eigenvalue weighted by Gasteiger charge is 2.28. The molecule has 204 valence electrons. The number of carbonyl (C=O) groups is 1. The average molecular weight is 578 g/mol. The Kier molecular flexibility index (Phi) is 6.78. The largest absolute Gasteiger partial charge is 0.294 e. The third-order valence-corrected chi connectivity index (χ3v) is 9.62. The zero-order valence-electron chi connectivity index (χ0n) is 22.5. The van der Waals surface area contributed by atoms with Gasteiger partial charge in [0.2, 0.25) is 5.78 Å². The van der Waals surface area contributed by atoms with Gasteiger partial charge in [0.1, 0.15) is 4.83 Å². The molecule has 3 aromatic heterocycles. The Balaban J connectivity index is 1.35. The Morgan fingerprint density at radius 3 is 2.54 bits per heavy atom. The number of aryl methyl sites for hydroxylation is 1. The lowest BCUT2D eigenvalue weighted by Gasteiger charge is -2.26. The molecule has 4 heterocycles. The second-order valence-corrected chi connectivity index (χ2v) is 12.3. The van der Waals surface area contributed by atoms with Crippen LogP contribution in [0.1, 0.15) is 31.9 Å². The third-order valence-electron chi connectivity index (χ3n) is 7.49. The number of Topliss-reactive ketones (excluding diaryl/α,β-unsaturated/α-hetero) is 1. The maximum absolute atomic E-state index is 14.2. The van der Waals surface area contributed by atoms with E-state index in [4.69, 9.17) is 0 Å². The van der Waals surface area contributed by atoms with Crippen LogP contribution < -0.4 is 5.56 Å². The number of ketones is 1. The van der Waals surface area contributed by atoms with Gasteiger partial charge in [0.15, 0.2) is 10.9 Å². The molecule has 0 radical (unpaired) electrons. The van der Waals surface area contributed by atoms with Crippen LogP contribution in [-0.2, 0) is 19.5 Å². The van der Waals surface area contributed by atoms with Gasteiger partial charge in [0.05, 0.1) is 16.8 Å². The number of hydrogen-bond acceptors (Lipinski definition) is 7. The summed E-state index contributed by atoms with van der Waals surface area (Å²) in [6.07, 6.45) is 0.799. The Hall–Kier alpha value is -4.05. The fourth-order valence-corrected chi connectivity index (χ4v) is 7.78. The molecular formula is C32H27N5O2S2. The van der Waals surface area contributed by atoms with Crippen LogP contribution in [0.2, 0.25) is 0 Å². The Morgan fingerprint density at radius 2 is 1.76 bits per heavy atom. The summed E-state index contributed by atoms with van der Waals surface area (Å²) in [4.78, 5) is 31.6. The molecule has 0 unspecified atom stereocenters. The van der Waals surface area contributed by atoms with Crippen LogP contribution in [0.5, 0.6) is 0 Å². The van der Waals surface area contributed by atoms with Gasteiger partial charge < -0.3 is 0 Å². The Bertz CT molecular complexity index is 1960. The van der Waals surface area contributed by atoms with Crippen molar-refractivity contribution in [3.05, 3.63) is 122 Å². The third kappa shape index (κ3) is 4.80. The Morgan fingerprint density at radius 1 is 0.976 bits per heavy atom. The van der Waals surface area contributed by atoms with E-state index in [1.807, 2.05) is 72.0 Å². The molecule has 0 N–H and O–H groups in total. The van der Waals surface area contributed by atoms with E-state index in [-0.39, 0.29) is 17.1 Å². The topological polar surface area (TPSA) is 72.5 Å². The number of benzene rings is 3. The van der Waals surface area contributed by atoms with Gasteiger partial charge in [-0.1, -0.05) is 84.6 Å². The number of rotatable bonds is 7. The van der Waals surface area contributed by atoms with Crippen molar-refractivity contribution in [2.45, 2.75) is 31.6 Å². The lowest BCUT2D eigenvalue weighted by atomic mass is 10.0. The summed E-state index contributed by atoms with van der Waals surface area (Å²) in [7, 11) is 0. The van der Waals surface area contributed by atoms with Crippen molar-refractivity contribution in [1.29, 1.82) is 0 Å². The monoisotopic (exact) mass is 577 g/mol. The fraction of sp³-hybridized carbons (Fsp3) is 0.188. The van der Waals surface area contributed by atoms with E-state index in [1.165, 1.54) is 22.2 Å². The number of fused-ring (bicyclic) bond motifs is 5. The van der Waals surface area contributed by atoms with Crippen molar-refractivity contribution < 1.29 is 4.79 Å². The van der Waals surface area contributed by atoms with Crippen LogP contribution in [0.15, 0.2) is 94.9 Å². The molecule has 1 aliphatic rings. The zero-order chi connectivity index (χ0) is 27.9. The number of aromatic nitrogens is 4. The molecule has 6 aromatic rings. The van der Waals surface area contributed by atoms with Gasteiger partial charge >= 0.3 is 0 Å². The normalized spacial score (nSPS) is 13.6. The maximum Gasteiger partial charge on any atom is 0.268 e. The summed E-state index contributed by atoms with van der Waals surface area (Å²) in [5.74, 6) is 0.714. The molecule has 1 aliphatic heterocycles. The second-order valence-electron chi connectivity index (χ2n) is 10.3. The molecule has 7 nitrogen and oxygen atoms in total.